The van der Waals surface area contributed by atoms with Gasteiger partial charge in [0.1, 0.15) is 11.6 Å². The van der Waals surface area contributed by atoms with Crippen LogP contribution in [0.1, 0.15) is 16.7 Å². The highest BCUT2D eigenvalue weighted by atomic mass is 16.1. The largest absolute Gasteiger partial charge is 0.310 e. The first kappa shape index (κ1) is 13.8. The Kier molecular flexibility index (Phi) is 3.58. The number of para-hydroxylation sites is 1. The molecule has 0 N–H and O–H groups in total. The average molecular weight is 290 g/mol. The molecule has 1 aromatic carbocycles. The molecule has 3 aromatic rings. The second kappa shape index (κ2) is 5.70. The predicted octanol–water partition coefficient (Wildman–Crippen LogP) is 2.26. The number of aryl methyl sites for hydroxylation is 1. The second-order valence-corrected chi connectivity index (χ2v) is 5.05. The number of pyridine rings is 1. The Hall–Kier alpha value is -3.13. The summed E-state index contributed by atoms with van der Waals surface area (Å²) in [7, 11) is 0. The van der Waals surface area contributed by atoms with E-state index in [0.29, 0.717) is 12.1 Å². The number of nitrogens with zero attached hydrogens (tertiary/aromatic N) is 4. The molecular weight excluding hydrogens is 276 g/mol. The smallest absolute Gasteiger partial charge is 0.269 e. The average Bonchev–Trinajstić information content (AvgIpc) is 3.00. The molecule has 0 atom stereocenters. The monoisotopic (exact) mass is 290 g/mol. The number of benzene rings is 1. The van der Waals surface area contributed by atoms with E-state index in [-0.39, 0.29) is 11.1 Å². The van der Waals surface area contributed by atoms with Crippen LogP contribution in [0.15, 0.2) is 59.8 Å². The van der Waals surface area contributed by atoms with Gasteiger partial charge in [-0.2, -0.15) is 10.4 Å². The third-order valence-corrected chi connectivity index (χ3v) is 3.50. The molecule has 5 heteroatoms. The van der Waals surface area contributed by atoms with Crippen LogP contribution in [0.2, 0.25) is 0 Å². The fourth-order valence-corrected chi connectivity index (χ4v) is 2.29. The van der Waals surface area contributed by atoms with E-state index in [1.54, 1.807) is 30.1 Å². The van der Waals surface area contributed by atoms with Crippen LogP contribution in [-0.4, -0.2) is 14.3 Å². The van der Waals surface area contributed by atoms with Crippen molar-refractivity contribution in [2.24, 2.45) is 0 Å². The van der Waals surface area contributed by atoms with Crippen LogP contribution in [0.3, 0.4) is 0 Å². The van der Waals surface area contributed by atoms with Crippen LogP contribution >= 0.6 is 0 Å². The molecule has 5 nitrogen and oxygen atoms in total. The van der Waals surface area contributed by atoms with Gasteiger partial charge in [0.15, 0.2) is 0 Å². The van der Waals surface area contributed by atoms with Gasteiger partial charge >= 0.3 is 0 Å². The molecule has 0 radical (unpaired) electrons. The predicted molar refractivity (Wildman–Crippen MR) is 82.8 cm³/mol. The summed E-state index contributed by atoms with van der Waals surface area (Å²) in [5.41, 5.74) is 2.48. The summed E-state index contributed by atoms with van der Waals surface area (Å²) in [5.74, 6) is 0. The van der Waals surface area contributed by atoms with Gasteiger partial charge in [0.05, 0.1) is 18.4 Å². The third-order valence-electron chi connectivity index (χ3n) is 3.50. The number of hydrogen-bond acceptors (Lipinski definition) is 3. The standard InChI is InChI=1S/C17H14N4O/c1-13-7-8-20(17(22)16(13)9-18)11-14-10-19-21(12-14)15-5-3-2-4-6-15/h2-8,10,12H,11H2,1H3. The van der Waals surface area contributed by atoms with Gasteiger partial charge < -0.3 is 4.57 Å². The van der Waals surface area contributed by atoms with E-state index in [0.717, 1.165) is 11.3 Å². The third kappa shape index (κ3) is 2.54. The first-order valence-electron chi connectivity index (χ1n) is 6.88. The Morgan fingerprint density at radius 2 is 2.00 bits per heavy atom. The quantitative estimate of drug-likeness (QED) is 0.743. The minimum absolute atomic E-state index is 0.193. The lowest BCUT2D eigenvalue weighted by molar-refractivity contribution is 0.753. The highest BCUT2D eigenvalue weighted by molar-refractivity contribution is 5.34. The van der Waals surface area contributed by atoms with Crippen LogP contribution in [0, 0.1) is 18.3 Å². The maximum absolute atomic E-state index is 12.2. The van der Waals surface area contributed by atoms with Crippen LogP contribution in [0.4, 0.5) is 0 Å². The minimum Gasteiger partial charge on any atom is -0.310 e. The summed E-state index contributed by atoms with van der Waals surface area (Å²) in [6.07, 6.45) is 5.32. The van der Waals surface area contributed by atoms with Crippen LogP contribution in [0.5, 0.6) is 0 Å². The Labute approximate surface area is 127 Å². The van der Waals surface area contributed by atoms with Gasteiger partial charge in [-0.15, -0.1) is 0 Å². The van der Waals surface area contributed by atoms with Crippen molar-refractivity contribution in [1.82, 2.24) is 14.3 Å². The van der Waals surface area contributed by atoms with Gasteiger partial charge in [-0.25, -0.2) is 4.68 Å². The van der Waals surface area contributed by atoms with E-state index >= 15 is 0 Å². The SMILES string of the molecule is Cc1ccn(Cc2cnn(-c3ccccc3)c2)c(=O)c1C#N. The Balaban J connectivity index is 1.91. The lowest BCUT2D eigenvalue weighted by Gasteiger charge is -2.05. The van der Waals surface area contributed by atoms with Gasteiger partial charge in [-0.3, -0.25) is 4.79 Å². The zero-order chi connectivity index (χ0) is 15.5. The van der Waals surface area contributed by atoms with Crippen LogP contribution < -0.4 is 5.56 Å². The van der Waals surface area contributed by atoms with Crippen molar-refractivity contribution < 1.29 is 0 Å². The zero-order valence-corrected chi connectivity index (χ0v) is 12.1. The number of rotatable bonds is 3. The van der Waals surface area contributed by atoms with Crippen molar-refractivity contribution in [1.29, 1.82) is 5.26 Å². The molecule has 0 aliphatic rings. The van der Waals surface area contributed by atoms with Crippen LogP contribution in [-0.2, 0) is 6.54 Å². The molecule has 22 heavy (non-hydrogen) atoms. The molecule has 0 bridgehead atoms. The van der Waals surface area contributed by atoms with Gasteiger partial charge in [0.25, 0.3) is 5.56 Å². The molecule has 0 spiro atoms. The highest BCUT2D eigenvalue weighted by Crippen LogP contribution is 2.09. The van der Waals surface area contributed by atoms with Crippen molar-refractivity contribution in [2.45, 2.75) is 13.5 Å². The van der Waals surface area contributed by atoms with E-state index in [1.165, 1.54) is 4.57 Å². The van der Waals surface area contributed by atoms with Crippen molar-refractivity contribution in [2.75, 3.05) is 0 Å². The molecular formula is C17H14N4O. The summed E-state index contributed by atoms with van der Waals surface area (Å²) < 4.78 is 3.29. The van der Waals surface area contributed by atoms with Gasteiger partial charge in [-0.1, -0.05) is 18.2 Å². The normalized spacial score (nSPS) is 10.4. The Morgan fingerprint density at radius 1 is 1.23 bits per heavy atom. The molecule has 0 unspecified atom stereocenters. The first-order chi connectivity index (χ1) is 10.7. The van der Waals surface area contributed by atoms with E-state index in [1.807, 2.05) is 42.6 Å². The molecule has 0 fully saturated rings. The maximum atomic E-state index is 12.2. The summed E-state index contributed by atoms with van der Waals surface area (Å²) in [5, 5.41) is 13.4. The molecule has 0 aliphatic carbocycles. The fraction of sp³-hybridized carbons (Fsp3) is 0.118. The Bertz CT molecular complexity index is 900. The topological polar surface area (TPSA) is 63.6 Å². The lowest BCUT2D eigenvalue weighted by atomic mass is 10.2. The minimum atomic E-state index is -0.269. The van der Waals surface area contributed by atoms with Crippen molar-refractivity contribution in [3.05, 3.63) is 82.0 Å². The lowest BCUT2D eigenvalue weighted by Crippen LogP contribution is -2.23. The highest BCUT2D eigenvalue weighted by Gasteiger charge is 2.08. The number of hydrogen-bond donors (Lipinski definition) is 0. The number of aromatic nitrogens is 3. The molecule has 2 heterocycles. The molecule has 0 saturated carbocycles. The Morgan fingerprint density at radius 3 is 2.73 bits per heavy atom. The van der Waals surface area contributed by atoms with E-state index < -0.39 is 0 Å². The van der Waals surface area contributed by atoms with Gasteiger partial charge in [0, 0.05) is 18.0 Å². The van der Waals surface area contributed by atoms with E-state index in [2.05, 4.69) is 5.10 Å². The second-order valence-electron chi connectivity index (χ2n) is 5.05. The van der Waals surface area contributed by atoms with E-state index in [9.17, 15) is 4.79 Å². The zero-order valence-electron chi connectivity index (χ0n) is 12.1. The fourth-order valence-electron chi connectivity index (χ4n) is 2.29. The summed E-state index contributed by atoms with van der Waals surface area (Å²) in [6.45, 7) is 2.15. The van der Waals surface area contributed by atoms with Gasteiger partial charge in [-0.05, 0) is 30.7 Å². The summed E-state index contributed by atoms with van der Waals surface area (Å²) in [4.78, 5) is 12.2. The molecule has 2 aromatic heterocycles. The van der Waals surface area contributed by atoms with Gasteiger partial charge in [0.2, 0.25) is 0 Å². The molecule has 108 valence electrons. The molecule has 0 saturated heterocycles. The first-order valence-corrected chi connectivity index (χ1v) is 6.88. The van der Waals surface area contributed by atoms with Crippen molar-refractivity contribution >= 4 is 0 Å². The summed E-state index contributed by atoms with van der Waals surface area (Å²) in [6, 6.07) is 13.5. The van der Waals surface area contributed by atoms with E-state index in [4.69, 9.17) is 5.26 Å². The molecule has 0 aliphatic heterocycles. The van der Waals surface area contributed by atoms with Crippen molar-refractivity contribution in [3.8, 4) is 11.8 Å². The molecule has 0 amide bonds. The van der Waals surface area contributed by atoms with Crippen molar-refractivity contribution in [3.63, 3.8) is 0 Å². The van der Waals surface area contributed by atoms with Crippen LogP contribution in [0.25, 0.3) is 5.69 Å². The molecule has 3 rings (SSSR count). The maximum Gasteiger partial charge on any atom is 0.269 e. The number of nitriles is 1. The summed E-state index contributed by atoms with van der Waals surface area (Å²) >= 11 is 0.